The molecule has 5 heteroatoms. The summed E-state index contributed by atoms with van der Waals surface area (Å²) in [7, 11) is 0. The Morgan fingerprint density at radius 2 is 2.00 bits per heavy atom. The maximum atomic E-state index is 13.9. The summed E-state index contributed by atoms with van der Waals surface area (Å²) in [5.74, 6) is -1.07. The van der Waals surface area contributed by atoms with E-state index in [2.05, 4.69) is 17.5 Å². The molecule has 1 aromatic rings. The van der Waals surface area contributed by atoms with Gasteiger partial charge in [-0.25, -0.2) is 8.78 Å². The molecule has 3 rings (SSSR count). The Hall–Kier alpha value is -1.23. The van der Waals surface area contributed by atoms with Gasteiger partial charge in [0.1, 0.15) is 4.99 Å². The number of nitrogens with two attached hydrogens (primary N) is 1. The van der Waals surface area contributed by atoms with Gasteiger partial charge in [-0.15, -0.1) is 0 Å². The Morgan fingerprint density at radius 1 is 1.32 bits per heavy atom. The normalized spacial score (nSPS) is 20.1. The summed E-state index contributed by atoms with van der Waals surface area (Å²) in [5.41, 5.74) is 5.84. The molecule has 0 amide bonds. The maximum absolute atomic E-state index is 13.9. The molecule has 3 N–H and O–H groups in total. The highest BCUT2D eigenvalue weighted by Crippen LogP contribution is 2.61. The van der Waals surface area contributed by atoms with Gasteiger partial charge in [0.25, 0.3) is 0 Å². The molecule has 0 spiro atoms. The van der Waals surface area contributed by atoms with Gasteiger partial charge >= 0.3 is 0 Å². The van der Waals surface area contributed by atoms with Crippen LogP contribution in [0.25, 0.3) is 0 Å². The Bertz CT molecular complexity index is 536. The van der Waals surface area contributed by atoms with Crippen molar-refractivity contribution in [2.45, 2.75) is 25.7 Å². The van der Waals surface area contributed by atoms with Crippen LogP contribution in [0.5, 0.6) is 0 Å². The van der Waals surface area contributed by atoms with E-state index in [0.29, 0.717) is 5.41 Å². The quantitative estimate of drug-likeness (QED) is 0.815. The van der Waals surface area contributed by atoms with Crippen LogP contribution in [0.4, 0.5) is 14.5 Å². The lowest BCUT2D eigenvalue weighted by atomic mass is 10.0. The number of benzene rings is 1. The fourth-order valence-corrected chi connectivity index (χ4v) is 2.89. The van der Waals surface area contributed by atoms with Crippen LogP contribution in [0.2, 0.25) is 0 Å². The second-order valence-corrected chi connectivity index (χ2v) is 6.08. The summed E-state index contributed by atoms with van der Waals surface area (Å²) < 4.78 is 27.6. The topological polar surface area (TPSA) is 38.0 Å². The Kier molecular flexibility index (Phi) is 2.96. The molecule has 1 aromatic carbocycles. The highest BCUT2D eigenvalue weighted by Gasteiger charge is 2.53. The van der Waals surface area contributed by atoms with Crippen molar-refractivity contribution in [1.82, 2.24) is 0 Å². The van der Waals surface area contributed by atoms with Crippen molar-refractivity contribution in [3.05, 3.63) is 29.3 Å². The van der Waals surface area contributed by atoms with Gasteiger partial charge in [0.2, 0.25) is 0 Å². The van der Waals surface area contributed by atoms with Crippen molar-refractivity contribution in [2.24, 2.45) is 17.1 Å². The van der Waals surface area contributed by atoms with E-state index < -0.39 is 11.6 Å². The Labute approximate surface area is 116 Å². The lowest BCUT2D eigenvalue weighted by Gasteiger charge is -2.17. The van der Waals surface area contributed by atoms with Crippen LogP contribution in [0.15, 0.2) is 12.1 Å². The van der Waals surface area contributed by atoms with Crippen LogP contribution >= 0.6 is 12.2 Å². The van der Waals surface area contributed by atoms with E-state index in [1.54, 1.807) is 0 Å². The second kappa shape index (κ2) is 4.40. The van der Waals surface area contributed by atoms with Crippen LogP contribution in [0, 0.1) is 23.0 Å². The lowest BCUT2D eigenvalue weighted by molar-refractivity contribution is 0.462. The lowest BCUT2D eigenvalue weighted by Crippen LogP contribution is -2.19. The molecule has 102 valence electrons. The first-order valence-corrected chi connectivity index (χ1v) is 6.96. The minimum atomic E-state index is -0.964. The molecule has 0 radical (unpaired) electrons. The summed E-state index contributed by atoms with van der Waals surface area (Å²) in [6, 6.07) is 2.94. The van der Waals surface area contributed by atoms with Gasteiger partial charge in [0, 0.05) is 12.1 Å². The monoisotopic (exact) mass is 282 g/mol. The molecule has 2 aliphatic rings. The van der Waals surface area contributed by atoms with Crippen molar-refractivity contribution < 1.29 is 8.78 Å². The van der Waals surface area contributed by atoms with E-state index >= 15 is 0 Å². The maximum Gasteiger partial charge on any atom is 0.182 e. The predicted octanol–water partition coefficient (Wildman–Crippen LogP) is 3.20. The van der Waals surface area contributed by atoms with Crippen molar-refractivity contribution in [1.29, 1.82) is 0 Å². The van der Waals surface area contributed by atoms with Gasteiger partial charge in [-0.2, -0.15) is 0 Å². The first kappa shape index (κ1) is 12.8. The predicted molar refractivity (Wildman–Crippen MR) is 75.1 cm³/mol. The molecule has 2 aliphatic carbocycles. The fourth-order valence-electron chi connectivity index (χ4n) is 2.73. The fraction of sp³-hybridized carbons (Fsp3) is 0.500. The standard InChI is InChI=1S/C14H16F2N2S/c15-11-9(13(17)19)3-4-10(12(11)16)18-7-14(5-6-14)8-1-2-8/h3-4,8,18H,1-2,5-7H2,(H2,17,19). The SMILES string of the molecule is NC(=S)c1ccc(NCC2(C3CC3)CC2)c(F)c1F. The third kappa shape index (κ3) is 2.31. The summed E-state index contributed by atoms with van der Waals surface area (Å²) in [6.07, 6.45) is 4.94. The van der Waals surface area contributed by atoms with Crippen LogP contribution in [-0.2, 0) is 0 Å². The number of anilines is 1. The van der Waals surface area contributed by atoms with E-state index in [0.717, 1.165) is 12.5 Å². The summed E-state index contributed by atoms with van der Waals surface area (Å²) in [4.78, 5) is -0.125. The molecule has 2 fully saturated rings. The van der Waals surface area contributed by atoms with Crippen LogP contribution in [0.1, 0.15) is 31.2 Å². The third-order valence-electron chi connectivity index (χ3n) is 4.31. The number of rotatable bonds is 5. The molecule has 0 aliphatic heterocycles. The number of halogens is 2. The van der Waals surface area contributed by atoms with Crippen LogP contribution < -0.4 is 11.1 Å². The number of hydrogen-bond donors (Lipinski definition) is 2. The minimum Gasteiger partial charge on any atom is -0.389 e. The van der Waals surface area contributed by atoms with Crippen LogP contribution in [0.3, 0.4) is 0 Å². The van der Waals surface area contributed by atoms with Gasteiger partial charge in [0.15, 0.2) is 11.6 Å². The molecule has 0 atom stereocenters. The van der Waals surface area contributed by atoms with Gasteiger partial charge in [-0.1, -0.05) is 12.2 Å². The molecule has 19 heavy (non-hydrogen) atoms. The van der Waals surface area contributed by atoms with Crippen molar-refractivity contribution in [2.75, 3.05) is 11.9 Å². The first-order chi connectivity index (χ1) is 9.03. The zero-order chi connectivity index (χ0) is 13.6. The highest BCUT2D eigenvalue weighted by molar-refractivity contribution is 7.80. The first-order valence-electron chi connectivity index (χ1n) is 6.55. The van der Waals surface area contributed by atoms with Gasteiger partial charge < -0.3 is 11.1 Å². The van der Waals surface area contributed by atoms with Crippen molar-refractivity contribution in [3.63, 3.8) is 0 Å². The van der Waals surface area contributed by atoms with E-state index in [9.17, 15) is 8.78 Å². The highest BCUT2D eigenvalue weighted by atomic mass is 32.1. The zero-order valence-corrected chi connectivity index (χ0v) is 11.3. The summed E-state index contributed by atoms with van der Waals surface area (Å²) >= 11 is 4.68. The average Bonchev–Trinajstić information content (AvgIpc) is 3.24. The summed E-state index contributed by atoms with van der Waals surface area (Å²) in [6.45, 7) is 0.723. The molecule has 0 aromatic heterocycles. The van der Waals surface area contributed by atoms with Gasteiger partial charge in [0.05, 0.1) is 5.69 Å². The average molecular weight is 282 g/mol. The Morgan fingerprint density at radius 3 is 2.53 bits per heavy atom. The van der Waals surface area contributed by atoms with E-state index in [4.69, 9.17) is 5.73 Å². The van der Waals surface area contributed by atoms with Gasteiger partial charge in [-0.05, 0) is 49.1 Å². The van der Waals surface area contributed by atoms with E-state index in [1.807, 2.05) is 0 Å². The zero-order valence-electron chi connectivity index (χ0n) is 10.5. The molecule has 0 unspecified atom stereocenters. The largest absolute Gasteiger partial charge is 0.389 e. The molecule has 2 nitrogen and oxygen atoms in total. The molecule has 0 heterocycles. The van der Waals surface area contributed by atoms with E-state index in [1.165, 1.54) is 37.8 Å². The second-order valence-electron chi connectivity index (χ2n) is 5.64. The number of thiocarbonyl (C=S) groups is 1. The minimum absolute atomic E-state index is 0.0404. The number of hydrogen-bond acceptors (Lipinski definition) is 2. The van der Waals surface area contributed by atoms with Crippen molar-refractivity contribution in [3.8, 4) is 0 Å². The van der Waals surface area contributed by atoms with Gasteiger partial charge in [-0.3, -0.25) is 0 Å². The summed E-state index contributed by atoms with van der Waals surface area (Å²) in [5, 5.41) is 3.04. The number of nitrogens with one attached hydrogen (secondary N) is 1. The van der Waals surface area contributed by atoms with Crippen molar-refractivity contribution >= 4 is 22.9 Å². The molecular formula is C14H16F2N2S. The molecular weight excluding hydrogens is 266 g/mol. The third-order valence-corrected chi connectivity index (χ3v) is 4.53. The molecule has 0 saturated heterocycles. The molecule has 0 bridgehead atoms. The Balaban J connectivity index is 1.74. The molecule has 2 saturated carbocycles. The smallest absolute Gasteiger partial charge is 0.182 e. The van der Waals surface area contributed by atoms with Crippen LogP contribution in [-0.4, -0.2) is 11.5 Å². The van der Waals surface area contributed by atoms with E-state index in [-0.39, 0.29) is 16.2 Å².